The van der Waals surface area contributed by atoms with Gasteiger partial charge in [-0.15, -0.1) is 0 Å². The zero-order valence-electron chi connectivity index (χ0n) is 10.1. The van der Waals surface area contributed by atoms with E-state index in [9.17, 15) is 18.0 Å². The predicted octanol–water partition coefficient (Wildman–Crippen LogP) is 4.05. The van der Waals surface area contributed by atoms with Crippen LogP contribution in [0.15, 0.2) is 30.5 Å². The van der Waals surface area contributed by atoms with Gasteiger partial charge in [0.2, 0.25) is 0 Å². The van der Waals surface area contributed by atoms with Crippen LogP contribution in [-0.4, -0.2) is 15.9 Å². The molecule has 0 aliphatic rings. The summed E-state index contributed by atoms with van der Waals surface area (Å²) in [6, 6.07) is 4.57. The van der Waals surface area contributed by atoms with Crippen LogP contribution in [0.2, 0.25) is 10.3 Å². The van der Waals surface area contributed by atoms with Crippen LogP contribution in [0.1, 0.15) is 16.1 Å². The quantitative estimate of drug-likeness (QED) is 0.842. The van der Waals surface area contributed by atoms with Crippen molar-refractivity contribution in [2.75, 3.05) is 5.32 Å². The van der Waals surface area contributed by atoms with Crippen molar-refractivity contribution < 1.29 is 18.0 Å². The van der Waals surface area contributed by atoms with Crippen molar-refractivity contribution in [1.29, 1.82) is 0 Å². The number of carbonyl (C=O) groups excluding carboxylic acids is 1. The summed E-state index contributed by atoms with van der Waals surface area (Å²) in [6.45, 7) is 0. The second-order valence-corrected chi connectivity index (χ2v) is 4.60. The van der Waals surface area contributed by atoms with Gasteiger partial charge in [-0.1, -0.05) is 23.2 Å². The fourth-order valence-electron chi connectivity index (χ4n) is 1.42. The van der Waals surface area contributed by atoms with E-state index in [1.54, 1.807) is 0 Å². The standard InChI is InChI=1S/C12H6Cl2F3N3O/c13-9-4-2-7(10(14)20-9)11(21)19-6-1-3-8(18-5-6)12(15,16)17/h1-5H,(H,19,21). The highest BCUT2D eigenvalue weighted by molar-refractivity contribution is 6.35. The van der Waals surface area contributed by atoms with Crippen LogP contribution in [0.25, 0.3) is 0 Å². The van der Waals surface area contributed by atoms with E-state index in [2.05, 4.69) is 15.3 Å². The summed E-state index contributed by atoms with van der Waals surface area (Å²) >= 11 is 11.4. The average Bonchev–Trinajstić information content (AvgIpc) is 2.38. The molecule has 1 N–H and O–H groups in total. The number of rotatable bonds is 2. The topological polar surface area (TPSA) is 54.9 Å². The molecule has 0 aliphatic carbocycles. The Hall–Kier alpha value is -1.86. The highest BCUT2D eigenvalue weighted by Gasteiger charge is 2.32. The maximum absolute atomic E-state index is 12.3. The van der Waals surface area contributed by atoms with E-state index in [1.165, 1.54) is 12.1 Å². The van der Waals surface area contributed by atoms with Gasteiger partial charge in [-0.25, -0.2) is 9.97 Å². The summed E-state index contributed by atoms with van der Waals surface area (Å²) in [5.41, 5.74) is -0.910. The number of halogens is 5. The lowest BCUT2D eigenvalue weighted by molar-refractivity contribution is -0.141. The first-order chi connectivity index (χ1) is 9.77. The summed E-state index contributed by atoms with van der Waals surface area (Å²) in [5, 5.41) is 2.37. The third-order valence-corrected chi connectivity index (χ3v) is 2.87. The van der Waals surface area contributed by atoms with E-state index >= 15 is 0 Å². The first-order valence-corrected chi connectivity index (χ1v) is 6.19. The summed E-state index contributed by atoms with van der Waals surface area (Å²) < 4.78 is 37.0. The zero-order chi connectivity index (χ0) is 15.6. The molecule has 0 saturated carbocycles. The Labute approximate surface area is 126 Å². The van der Waals surface area contributed by atoms with Gasteiger partial charge in [-0.3, -0.25) is 4.79 Å². The van der Waals surface area contributed by atoms with Crippen molar-refractivity contribution in [2.24, 2.45) is 0 Å². The first-order valence-electron chi connectivity index (χ1n) is 5.44. The van der Waals surface area contributed by atoms with Crippen molar-refractivity contribution in [1.82, 2.24) is 9.97 Å². The number of hydrogen-bond acceptors (Lipinski definition) is 3. The Morgan fingerprint density at radius 2 is 1.86 bits per heavy atom. The maximum atomic E-state index is 12.3. The number of pyridine rings is 2. The van der Waals surface area contributed by atoms with Gasteiger partial charge in [-0.2, -0.15) is 13.2 Å². The highest BCUT2D eigenvalue weighted by atomic mass is 35.5. The molecular weight excluding hydrogens is 330 g/mol. The molecule has 0 atom stereocenters. The van der Waals surface area contributed by atoms with Crippen molar-refractivity contribution in [3.63, 3.8) is 0 Å². The summed E-state index contributed by atoms with van der Waals surface area (Å²) in [6.07, 6.45) is -3.63. The van der Waals surface area contributed by atoms with Crippen molar-refractivity contribution in [3.8, 4) is 0 Å². The largest absolute Gasteiger partial charge is 0.433 e. The lowest BCUT2D eigenvalue weighted by atomic mass is 10.2. The SMILES string of the molecule is O=C(Nc1ccc(C(F)(F)F)nc1)c1ccc(Cl)nc1Cl. The van der Waals surface area contributed by atoms with Crippen molar-refractivity contribution >= 4 is 34.8 Å². The number of nitrogens with zero attached hydrogens (tertiary/aromatic N) is 2. The Morgan fingerprint density at radius 1 is 1.14 bits per heavy atom. The van der Waals surface area contributed by atoms with Crippen LogP contribution >= 0.6 is 23.2 Å². The normalized spacial score (nSPS) is 11.3. The van der Waals surface area contributed by atoms with Gasteiger partial charge in [0.15, 0.2) is 0 Å². The van der Waals surface area contributed by atoms with Gasteiger partial charge in [-0.05, 0) is 24.3 Å². The fraction of sp³-hybridized carbons (Fsp3) is 0.0833. The highest BCUT2D eigenvalue weighted by Crippen LogP contribution is 2.28. The van der Waals surface area contributed by atoms with Crippen LogP contribution in [-0.2, 0) is 6.18 Å². The van der Waals surface area contributed by atoms with E-state index in [4.69, 9.17) is 23.2 Å². The molecule has 0 aliphatic heterocycles. The molecule has 2 aromatic rings. The molecule has 0 aromatic carbocycles. The van der Waals surface area contributed by atoms with Gasteiger partial charge >= 0.3 is 6.18 Å². The van der Waals surface area contributed by atoms with E-state index < -0.39 is 17.8 Å². The Kier molecular flexibility index (Phi) is 4.34. The van der Waals surface area contributed by atoms with Crippen molar-refractivity contribution in [2.45, 2.75) is 6.18 Å². The molecular formula is C12H6Cl2F3N3O. The van der Waals surface area contributed by atoms with Crippen LogP contribution in [0, 0.1) is 0 Å². The van der Waals surface area contributed by atoms with Gasteiger partial charge in [0.25, 0.3) is 5.91 Å². The predicted molar refractivity (Wildman–Crippen MR) is 71.4 cm³/mol. The fourth-order valence-corrected chi connectivity index (χ4v) is 1.85. The summed E-state index contributed by atoms with van der Waals surface area (Å²) in [7, 11) is 0. The van der Waals surface area contributed by atoms with Crippen LogP contribution in [0.5, 0.6) is 0 Å². The van der Waals surface area contributed by atoms with E-state index in [0.717, 1.165) is 18.3 Å². The van der Waals surface area contributed by atoms with E-state index in [0.29, 0.717) is 0 Å². The minimum Gasteiger partial charge on any atom is -0.320 e. The molecule has 1 amide bonds. The van der Waals surface area contributed by atoms with Crippen molar-refractivity contribution in [3.05, 3.63) is 52.0 Å². The Balaban J connectivity index is 2.16. The lowest BCUT2D eigenvalue weighted by Crippen LogP contribution is -2.14. The number of anilines is 1. The molecule has 0 bridgehead atoms. The molecule has 9 heteroatoms. The number of hydrogen-bond donors (Lipinski definition) is 1. The maximum Gasteiger partial charge on any atom is 0.433 e. The third kappa shape index (κ3) is 3.83. The molecule has 0 fully saturated rings. The number of nitrogens with one attached hydrogen (secondary N) is 1. The molecule has 2 heterocycles. The molecule has 4 nitrogen and oxygen atoms in total. The molecule has 2 aromatic heterocycles. The molecule has 0 spiro atoms. The van der Waals surface area contributed by atoms with Crippen LogP contribution < -0.4 is 5.32 Å². The minimum atomic E-state index is -4.54. The number of amides is 1. The van der Waals surface area contributed by atoms with Crippen LogP contribution in [0.4, 0.5) is 18.9 Å². The average molecular weight is 336 g/mol. The molecule has 110 valence electrons. The Bertz CT molecular complexity index is 674. The van der Waals surface area contributed by atoms with Gasteiger partial charge in [0.05, 0.1) is 17.4 Å². The molecule has 0 saturated heterocycles. The van der Waals surface area contributed by atoms with Crippen LogP contribution in [0.3, 0.4) is 0 Å². The summed E-state index contributed by atoms with van der Waals surface area (Å²) in [4.78, 5) is 18.8. The van der Waals surface area contributed by atoms with Gasteiger partial charge in [0, 0.05) is 0 Å². The smallest absolute Gasteiger partial charge is 0.320 e. The molecule has 2 rings (SSSR count). The first kappa shape index (κ1) is 15.5. The molecule has 21 heavy (non-hydrogen) atoms. The van der Waals surface area contributed by atoms with E-state index in [1.807, 2.05) is 0 Å². The number of carbonyl (C=O) groups is 1. The van der Waals surface area contributed by atoms with E-state index in [-0.39, 0.29) is 21.6 Å². The summed E-state index contributed by atoms with van der Waals surface area (Å²) in [5.74, 6) is -0.634. The second kappa shape index (κ2) is 5.87. The third-order valence-electron chi connectivity index (χ3n) is 2.37. The molecule has 0 unspecified atom stereocenters. The Morgan fingerprint density at radius 3 is 2.38 bits per heavy atom. The lowest BCUT2D eigenvalue weighted by Gasteiger charge is -2.08. The number of aromatic nitrogens is 2. The number of alkyl halides is 3. The monoisotopic (exact) mass is 335 g/mol. The second-order valence-electron chi connectivity index (χ2n) is 3.86. The van der Waals surface area contributed by atoms with Gasteiger partial charge < -0.3 is 5.32 Å². The molecule has 0 radical (unpaired) electrons. The van der Waals surface area contributed by atoms with Gasteiger partial charge in [0.1, 0.15) is 16.0 Å². The zero-order valence-corrected chi connectivity index (χ0v) is 11.6. The minimum absolute atomic E-state index is 0.0426.